The van der Waals surface area contributed by atoms with Gasteiger partial charge in [0.25, 0.3) is 0 Å². The zero-order valence-electron chi connectivity index (χ0n) is 17.0. The highest BCUT2D eigenvalue weighted by molar-refractivity contribution is 6.16. The van der Waals surface area contributed by atoms with Crippen LogP contribution in [0.15, 0.2) is 35.3 Å². The summed E-state index contributed by atoms with van der Waals surface area (Å²) in [4.78, 5) is 5.15. The normalized spacial score (nSPS) is 18.8. The highest BCUT2D eigenvalue weighted by atomic mass is 16.5. The lowest BCUT2D eigenvalue weighted by molar-refractivity contribution is 0.134. The molecule has 0 amide bonds. The van der Waals surface area contributed by atoms with Gasteiger partial charge >= 0.3 is 0 Å². The molecule has 0 spiro atoms. The summed E-state index contributed by atoms with van der Waals surface area (Å²) in [5, 5.41) is 0. The summed E-state index contributed by atoms with van der Waals surface area (Å²) in [6.45, 7) is 8.59. The van der Waals surface area contributed by atoms with Crippen LogP contribution in [-0.2, 0) is 12.8 Å². The van der Waals surface area contributed by atoms with E-state index in [2.05, 4.69) is 45.9 Å². The number of ether oxygens (including phenoxy) is 3. The van der Waals surface area contributed by atoms with Gasteiger partial charge in [-0.05, 0) is 57.9 Å². The molecule has 0 saturated heterocycles. The summed E-state index contributed by atoms with van der Waals surface area (Å²) in [5.74, 6) is 2.51. The quantitative estimate of drug-likeness (QED) is 0.799. The van der Waals surface area contributed by atoms with Crippen molar-refractivity contribution in [1.29, 1.82) is 0 Å². The summed E-state index contributed by atoms with van der Waals surface area (Å²) in [7, 11) is 3.40. The summed E-state index contributed by atoms with van der Waals surface area (Å²) >= 11 is 0. The predicted octanol–water partition coefficient (Wildman–Crippen LogP) is 4.59. The number of hydrogen-bond acceptors (Lipinski definition) is 4. The molecule has 4 nitrogen and oxygen atoms in total. The second-order valence-corrected chi connectivity index (χ2v) is 8.64. The van der Waals surface area contributed by atoms with Crippen molar-refractivity contribution in [2.75, 3.05) is 14.2 Å². The molecule has 0 N–H and O–H groups in total. The Hall–Kier alpha value is -2.49. The molecule has 0 bridgehead atoms. The smallest absolute Gasteiger partial charge is 0.166 e. The highest BCUT2D eigenvalue weighted by Gasteiger charge is 2.39. The van der Waals surface area contributed by atoms with E-state index in [1.54, 1.807) is 14.2 Å². The Kier molecular flexibility index (Phi) is 3.99. The van der Waals surface area contributed by atoms with Gasteiger partial charge in [-0.3, -0.25) is 4.99 Å². The molecule has 142 valence electrons. The van der Waals surface area contributed by atoms with E-state index in [1.807, 2.05) is 12.1 Å². The van der Waals surface area contributed by atoms with Crippen molar-refractivity contribution in [1.82, 2.24) is 0 Å². The van der Waals surface area contributed by atoms with Crippen LogP contribution < -0.4 is 14.2 Å². The maximum absolute atomic E-state index is 6.26. The van der Waals surface area contributed by atoms with Gasteiger partial charge in [-0.25, -0.2) is 0 Å². The summed E-state index contributed by atoms with van der Waals surface area (Å²) < 4.78 is 17.4. The lowest BCUT2D eigenvalue weighted by atomic mass is 9.81. The van der Waals surface area contributed by atoms with Gasteiger partial charge in [-0.15, -0.1) is 0 Å². The fraction of sp³-hybridized carbons (Fsp3) is 0.435. The van der Waals surface area contributed by atoms with Gasteiger partial charge in [0, 0.05) is 23.1 Å². The maximum Gasteiger partial charge on any atom is 0.166 e. The minimum Gasteiger partial charge on any atom is -0.497 e. The molecule has 0 fully saturated rings. The van der Waals surface area contributed by atoms with E-state index in [4.69, 9.17) is 19.2 Å². The first kappa shape index (κ1) is 17.9. The molecule has 2 aromatic carbocycles. The van der Waals surface area contributed by atoms with Gasteiger partial charge in [-0.2, -0.15) is 0 Å². The standard InChI is InChI=1S/C23H27NO3/c1-22(2)12-15-11-18(26-6)21-17(13-23(3,4)27-21)19(15)20(24-22)14-8-7-9-16(10-14)25-5/h7-11H,12-13H2,1-6H3. The first-order chi connectivity index (χ1) is 12.7. The Balaban J connectivity index is 1.98. The average molecular weight is 365 g/mol. The second-order valence-electron chi connectivity index (χ2n) is 8.64. The molecule has 2 aromatic rings. The minimum atomic E-state index is -0.253. The van der Waals surface area contributed by atoms with Crippen molar-refractivity contribution >= 4 is 5.71 Å². The summed E-state index contributed by atoms with van der Waals surface area (Å²) in [6, 6.07) is 10.3. The predicted molar refractivity (Wildman–Crippen MR) is 108 cm³/mol. The number of rotatable bonds is 3. The lowest BCUT2D eigenvalue weighted by Gasteiger charge is -2.31. The van der Waals surface area contributed by atoms with Crippen LogP contribution in [0.3, 0.4) is 0 Å². The highest BCUT2D eigenvalue weighted by Crippen LogP contribution is 2.47. The first-order valence-corrected chi connectivity index (χ1v) is 9.39. The van der Waals surface area contributed by atoms with E-state index >= 15 is 0 Å². The largest absolute Gasteiger partial charge is 0.497 e. The van der Waals surface area contributed by atoms with Gasteiger partial charge < -0.3 is 14.2 Å². The Morgan fingerprint density at radius 2 is 1.78 bits per heavy atom. The SMILES string of the molecule is COc1cccc(C2=NC(C)(C)Cc3cc(OC)c4c(c32)CC(C)(C)O4)c1. The van der Waals surface area contributed by atoms with E-state index in [0.29, 0.717) is 0 Å². The van der Waals surface area contributed by atoms with Crippen molar-refractivity contribution in [3.63, 3.8) is 0 Å². The number of hydrogen-bond donors (Lipinski definition) is 0. The minimum absolute atomic E-state index is 0.181. The van der Waals surface area contributed by atoms with Gasteiger partial charge in [0.05, 0.1) is 25.5 Å². The van der Waals surface area contributed by atoms with Crippen LogP contribution in [-0.4, -0.2) is 31.1 Å². The van der Waals surface area contributed by atoms with E-state index < -0.39 is 0 Å². The monoisotopic (exact) mass is 365 g/mol. The molecule has 0 saturated carbocycles. The molecule has 0 unspecified atom stereocenters. The van der Waals surface area contributed by atoms with E-state index in [9.17, 15) is 0 Å². The van der Waals surface area contributed by atoms with Gasteiger partial charge in [0.15, 0.2) is 11.5 Å². The third-order valence-electron chi connectivity index (χ3n) is 5.24. The van der Waals surface area contributed by atoms with Crippen LogP contribution >= 0.6 is 0 Å². The number of benzene rings is 2. The van der Waals surface area contributed by atoms with Gasteiger partial charge in [0.1, 0.15) is 11.4 Å². The van der Waals surface area contributed by atoms with E-state index in [1.165, 1.54) is 16.7 Å². The Labute approximate surface area is 161 Å². The van der Waals surface area contributed by atoms with E-state index in [0.717, 1.165) is 41.4 Å². The third kappa shape index (κ3) is 3.07. The number of nitrogens with zero attached hydrogens (tertiary/aromatic N) is 1. The van der Waals surface area contributed by atoms with Crippen molar-refractivity contribution in [2.45, 2.75) is 51.7 Å². The fourth-order valence-corrected chi connectivity index (χ4v) is 4.20. The second kappa shape index (κ2) is 6.01. The molecule has 27 heavy (non-hydrogen) atoms. The van der Waals surface area contributed by atoms with Gasteiger partial charge in [0.2, 0.25) is 0 Å². The lowest BCUT2D eigenvalue weighted by Crippen LogP contribution is -2.30. The summed E-state index contributed by atoms with van der Waals surface area (Å²) in [5.41, 5.74) is 5.32. The summed E-state index contributed by atoms with van der Waals surface area (Å²) in [6.07, 6.45) is 1.71. The fourth-order valence-electron chi connectivity index (χ4n) is 4.20. The molecule has 0 atom stereocenters. The number of aliphatic imine (C=N–C) groups is 1. The van der Waals surface area contributed by atoms with E-state index in [-0.39, 0.29) is 11.1 Å². The number of methoxy groups -OCH3 is 2. The zero-order valence-corrected chi connectivity index (χ0v) is 17.0. The molecular weight excluding hydrogens is 338 g/mol. The third-order valence-corrected chi connectivity index (χ3v) is 5.24. The molecule has 0 aromatic heterocycles. The van der Waals surface area contributed by atoms with Crippen molar-refractivity contribution in [3.05, 3.63) is 52.6 Å². The molecule has 2 heterocycles. The maximum atomic E-state index is 6.26. The van der Waals surface area contributed by atoms with Crippen LogP contribution in [0.4, 0.5) is 0 Å². The molecule has 4 rings (SSSR count). The molecule has 2 aliphatic rings. The average Bonchev–Trinajstić information content (AvgIpc) is 2.94. The van der Waals surface area contributed by atoms with Crippen LogP contribution in [0.2, 0.25) is 0 Å². The Morgan fingerprint density at radius 3 is 2.48 bits per heavy atom. The molecular formula is C23H27NO3. The van der Waals surface area contributed by atoms with Crippen molar-refractivity contribution in [2.24, 2.45) is 4.99 Å². The molecule has 0 radical (unpaired) electrons. The van der Waals surface area contributed by atoms with Crippen molar-refractivity contribution in [3.8, 4) is 17.2 Å². The number of fused-ring (bicyclic) bond motifs is 3. The van der Waals surface area contributed by atoms with Crippen molar-refractivity contribution < 1.29 is 14.2 Å². The van der Waals surface area contributed by atoms with Crippen LogP contribution in [0.25, 0.3) is 0 Å². The zero-order chi connectivity index (χ0) is 19.4. The molecule has 0 aliphatic carbocycles. The Morgan fingerprint density at radius 1 is 1.00 bits per heavy atom. The topological polar surface area (TPSA) is 40.0 Å². The molecule has 4 heteroatoms. The van der Waals surface area contributed by atoms with Crippen LogP contribution in [0, 0.1) is 0 Å². The molecule has 2 aliphatic heterocycles. The van der Waals surface area contributed by atoms with Gasteiger partial charge in [-0.1, -0.05) is 12.1 Å². The van der Waals surface area contributed by atoms with Crippen LogP contribution in [0.5, 0.6) is 17.2 Å². The Bertz CT molecular complexity index is 941. The van der Waals surface area contributed by atoms with Crippen LogP contribution in [0.1, 0.15) is 49.9 Å². The first-order valence-electron chi connectivity index (χ1n) is 9.39.